The van der Waals surface area contributed by atoms with Crippen LogP contribution in [0.1, 0.15) is 93.5 Å². The number of hydrogen-bond acceptors (Lipinski definition) is 4. The molecule has 5 heteroatoms. The average Bonchev–Trinajstić information content (AvgIpc) is 2.81. The average molecular weight is 430 g/mol. The molecule has 2 N–H and O–H groups in total. The van der Waals surface area contributed by atoms with E-state index in [1.165, 1.54) is 12.1 Å². The maximum Gasteiger partial charge on any atom is 0.336 e. The van der Waals surface area contributed by atoms with Crippen LogP contribution in [0.15, 0.2) is 42.5 Å². The van der Waals surface area contributed by atoms with Crippen LogP contribution in [-0.4, -0.2) is 35.1 Å². The second kappa shape index (κ2) is 15.9. The molecule has 0 fully saturated rings. The Morgan fingerprint density at radius 1 is 0.806 bits per heavy atom. The zero-order chi connectivity index (χ0) is 23.8. The Morgan fingerprint density at radius 2 is 1.32 bits per heavy atom. The highest BCUT2D eigenvalue weighted by atomic mass is 16.4. The lowest BCUT2D eigenvalue weighted by Crippen LogP contribution is -2.25. The Morgan fingerprint density at radius 3 is 1.77 bits per heavy atom. The number of rotatable bonds is 10. The van der Waals surface area contributed by atoms with Crippen LogP contribution < -0.4 is 4.90 Å². The van der Waals surface area contributed by atoms with Gasteiger partial charge in [0, 0.05) is 30.4 Å². The molecule has 2 aromatic carbocycles. The molecule has 0 unspecified atom stereocenters. The van der Waals surface area contributed by atoms with Gasteiger partial charge >= 0.3 is 5.97 Å². The largest absolute Gasteiger partial charge is 0.507 e. The van der Waals surface area contributed by atoms with Gasteiger partial charge in [0.15, 0.2) is 5.78 Å². The Kier molecular flexibility index (Phi) is 14.5. The minimum Gasteiger partial charge on any atom is -0.507 e. The van der Waals surface area contributed by atoms with Crippen molar-refractivity contribution in [3.05, 3.63) is 59.2 Å². The van der Waals surface area contributed by atoms with Crippen LogP contribution in [0, 0.1) is 0 Å². The number of phenolic OH excluding ortho intramolecular Hbond substituents is 1. The molecule has 0 amide bonds. The summed E-state index contributed by atoms with van der Waals surface area (Å²) in [5, 5.41) is 19.7. The molecule has 0 aliphatic rings. The van der Waals surface area contributed by atoms with Gasteiger partial charge in [-0.2, -0.15) is 0 Å². The lowest BCUT2D eigenvalue weighted by Gasteiger charge is -2.25. The molecule has 0 heterocycles. The van der Waals surface area contributed by atoms with Crippen LogP contribution in [0.3, 0.4) is 0 Å². The number of unbranched alkanes of at least 4 members (excludes halogenated alkanes) is 2. The molecule has 0 aliphatic heterocycles. The van der Waals surface area contributed by atoms with E-state index < -0.39 is 11.8 Å². The van der Waals surface area contributed by atoms with Gasteiger partial charge in [0.05, 0.1) is 11.1 Å². The van der Waals surface area contributed by atoms with Gasteiger partial charge in [0.25, 0.3) is 0 Å². The highest BCUT2D eigenvalue weighted by molar-refractivity contribution is 6.15. The van der Waals surface area contributed by atoms with E-state index in [-0.39, 0.29) is 22.4 Å². The maximum atomic E-state index is 12.8. The number of ketones is 1. The topological polar surface area (TPSA) is 77.8 Å². The summed E-state index contributed by atoms with van der Waals surface area (Å²) in [7, 11) is 0. The number of carbonyl (C=O) groups is 2. The summed E-state index contributed by atoms with van der Waals surface area (Å²) >= 11 is 0. The predicted octanol–water partition coefficient (Wildman–Crippen LogP) is 6.78. The molecular formula is C26H39NO4. The third kappa shape index (κ3) is 8.44. The maximum absolute atomic E-state index is 12.8. The molecule has 0 bridgehead atoms. The zero-order valence-corrected chi connectivity index (χ0v) is 19.9. The summed E-state index contributed by atoms with van der Waals surface area (Å²) in [4.78, 5) is 26.4. The van der Waals surface area contributed by atoms with Crippen molar-refractivity contribution < 1.29 is 19.8 Å². The smallest absolute Gasteiger partial charge is 0.336 e. The van der Waals surface area contributed by atoms with Gasteiger partial charge in [0.1, 0.15) is 5.75 Å². The van der Waals surface area contributed by atoms with Crippen molar-refractivity contribution in [2.24, 2.45) is 0 Å². The lowest BCUT2D eigenvalue weighted by molar-refractivity contribution is 0.0692. The molecule has 0 radical (unpaired) electrons. The SMILES string of the molecule is CC.CC.CCCCN(CCCC)c1ccc(C(=O)c2ccccc2C(=O)O)c(O)c1. The van der Waals surface area contributed by atoms with Gasteiger partial charge < -0.3 is 15.1 Å². The quantitative estimate of drug-likeness (QED) is 0.407. The van der Waals surface area contributed by atoms with Crippen LogP contribution in [0.2, 0.25) is 0 Å². The van der Waals surface area contributed by atoms with Crippen molar-refractivity contribution in [1.82, 2.24) is 0 Å². The highest BCUT2D eigenvalue weighted by Crippen LogP contribution is 2.28. The molecule has 0 aromatic heterocycles. The number of carboxylic acids is 1. The number of carboxylic acid groups (broad SMARTS) is 1. The zero-order valence-electron chi connectivity index (χ0n) is 19.9. The fraction of sp³-hybridized carbons (Fsp3) is 0.462. The van der Waals surface area contributed by atoms with Crippen molar-refractivity contribution in [2.75, 3.05) is 18.0 Å². The molecule has 2 aromatic rings. The number of benzene rings is 2. The Balaban J connectivity index is 0.00000212. The minimum absolute atomic E-state index is 0.0708. The van der Waals surface area contributed by atoms with E-state index in [9.17, 15) is 19.8 Å². The van der Waals surface area contributed by atoms with Crippen molar-refractivity contribution in [2.45, 2.75) is 67.2 Å². The summed E-state index contributed by atoms with van der Waals surface area (Å²) in [6.07, 6.45) is 4.27. The van der Waals surface area contributed by atoms with E-state index in [0.29, 0.717) is 0 Å². The second-order valence-electron chi connectivity index (χ2n) is 6.58. The summed E-state index contributed by atoms with van der Waals surface area (Å²) in [6.45, 7) is 14.1. The second-order valence-corrected chi connectivity index (χ2v) is 6.58. The lowest BCUT2D eigenvalue weighted by atomic mass is 9.97. The predicted molar refractivity (Wildman–Crippen MR) is 130 cm³/mol. The van der Waals surface area contributed by atoms with Gasteiger partial charge in [-0.3, -0.25) is 4.79 Å². The molecule has 0 saturated heterocycles. The Bertz CT molecular complexity index is 794. The molecular weight excluding hydrogens is 390 g/mol. The minimum atomic E-state index is -1.17. The summed E-state index contributed by atoms with van der Waals surface area (Å²) < 4.78 is 0. The van der Waals surface area contributed by atoms with Gasteiger partial charge in [-0.1, -0.05) is 72.6 Å². The number of carbonyl (C=O) groups excluding carboxylic acids is 1. The van der Waals surface area contributed by atoms with Crippen LogP contribution in [0.5, 0.6) is 5.75 Å². The number of aromatic hydroxyl groups is 1. The van der Waals surface area contributed by atoms with Gasteiger partial charge in [0.2, 0.25) is 0 Å². The van der Waals surface area contributed by atoms with E-state index >= 15 is 0 Å². The van der Waals surface area contributed by atoms with E-state index in [2.05, 4.69) is 18.7 Å². The first-order valence-corrected chi connectivity index (χ1v) is 11.4. The standard InChI is InChI=1S/C22H27NO4.2C2H6/c1-3-5-13-23(14-6-4-2)16-11-12-19(20(24)15-16)21(25)17-9-7-8-10-18(17)22(26)27;2*1-2/h7-12,15,24H,3-6,13-14H2,1-2H3,(H,26,27);2*1-2H3. The van der Waals surface area contributed by atoms with Crippen LogP contribution in [-0.2, 0) is 0 Å². The van der Waals surface area contributed by atoms with Crippen LogP contribution in [0.25, 0.3) is 0 Å². The molecule has 172 valence electrons. The normalized spacial score (nSPS) is 9.61. The van der Waals surface area contributed by atoms with Crippen molar-refractivity contribution in [3.8, 4) is 5.75 Å². The number of phenols is 1. The molecule has 5 nitrogen and oxygen atoms in total. The van der Waals surface area contributed by atoms with Gasteiger partial charge in [-0.05, 0) is 31.0 Å². The van der Waals surface area contributed by atoms with Crippen molar-refractivity contribution >= 4 is 17.4 Å². The van der Waals surface area contributed by atoms with Crippen LogP contribution >= 0.6 is 0 Å². The first-order valence-electron chi connectivity index (χ1n) is 11.4. The van der Waals surface area contributed by atoms with E-state index in [1.807, 2.05) is 33.8 Å². The summed E-state index contributed by atoms with van der Waals surface area (Å²) in [5.41, 5.74) is 0.983. The molecule has 2 rings (SSSR count). The van der Waals surface area contributed by atoms with Gasteiger partial charge in [-0.15, -0.1) is 0 Å². The third-order valence-electron chi connectivity index (χ3n) is 4.56. The Hall–Kier alpha value is -2.82. The molecule has 0 atom stereocenters. The van der Waals surface area contributed by atoms with E-state index in [1.54, 1.807) is 24.3 Å². The first-order chi connectivity index (χ1) is 15.0. The molecule has 0 aliphatic carbocycles. The molecule has 0 spiro atoms. The molecule has 0 saturated carbocycles. The van der Waals surface area contributed by atoms with Crippen LogP contribution in [0.4, 0.5) is 5.69 Å². The fourth-order valence-corrected chi connectivity index (χ4v) is 2.99. The first kappa shape index (κ1) is 28.2. The number of aromatic carboxylic acids is 1. The number of hydrogen-bond donors (Lipinski definition) is 2. The van der Waals surface area contributed by atoms with Gasteiger partial charge in [-0.25, -0.2) is 4.79 Å². The van der Waals surface area contributed by atoms with E-state index in [4.69, 9.17) is 0 Å². The third-order valence-corrected chi connectivity index (χ3v) is 4.56. The molecule has 31 heavy (non-hydrogen) atoms. The Labute approximate surface area is 187 Å². The summed E-state index contributed by atoms with van der Waals surface area (Å²) in [6, 6.07) is 11.0. The number of nitrogens with zero attached hydrogens (tertiary/aromatic N) is 1. The van der Waals surface area contributed by atoms with Crippen molar-refractivity contribution in [3.63, 3.8) is 0 Å². The highest BCUT2D eigenvalue weighted by Gasteiger charge is 2.20. The van der Waals surface area contributed by atoms with Crippen molar-refractivity contribution in [1.29, 1.82) is 0 Å². The fourth-order valence-electron chi connectivity index (χ4n) is 2.99. The number of anilines is 1. The summed E-state index contributed by atoms with van der Waals surface area (Å²) in [5.74, 6) is -1.79. The monoisotopic (exact) mass is 429 g/mol. The van der Waals surface area contributed by atoms with E-state index in [0.717, 1.165) is 44.5 Å².